The third-order valence-electron chi connectivity index (χ3n) is 5.12. The fraction of sp³-hybridized carbons (Fsp3) is 0.350. The molecule has 1 N–H and O–H groups in total. The zero-order chi connectivity index (χ0) is 18.3. The average Bonchev–Trinajstić information content (AvgIpc) is 2.64. The van der Waals surface area contributed by atoms with Gasteiger partial charge in [0.1, 0.15) is 18.0 Å². The van der Waals surface area contributed by atoms with Gasteiger partial charge in [-0.05, 0) is 35.7 Å². The fourth-order valence-corrected chi connectivity index (χ4v) is 3.66. The van der Waals surface area contributed by atoms with Crippen molar-refractivity contribution in [3.8, 4) is 11.5 Å². The number of methoxy groups -OCH3 is 1. The number of hydrogen-bond donors (Lipinski definition) is 1. The Bertz CT molecular complexity index is 830. The summed E-state index contributed by atoms with van der Waals surface area (Å²) < 4.78 is 24.1. The molecule has 2 aromatic carbocycles. The molecule has 2 heterocycles. The highest BCUT2D eigenvalue weighted by Gasteiger charge is 2.46. The second-order valence-electron chi connectivity index (χ2n) is 6.89. The van der Waals surface area contributed by atoms with Gasteiger partial charge in [0.05, 0.1) is 26.1 Å². The van der Waals surface area contributed by atoms with Crippen molar-refractivity contribution >= 4 is 5.91 Å². The molecule has 0 spiro atoms. The van der Waals surface area contributed by atoms with Gasteiger partial charge < -0.3 is 19.5 Å². The standard InChI is InChI=1S/C20H20FNO4/c1-25-17-4-2-3-13-9-14(10-26-18(13)17)19(23)22-11-20(24,12-22)15-5-7-16(21)8-6-15/h2-8,14,24H,9-12H2,1H3. The van der Waals surface area contributed by atoms with Crippen LogP contribution >= 0.6 is 0 Å². The van der Waals surface area contributed by atoms with Gasteiger partial charge in [0, 0.05) is 0 Å². The van der Waals surface area contributed by atoms with Crippen LogP contribution in [0.5, 0.6) is 11.5 Å². The molecule has 2 aromatic rings. The molecular formula is C20H20FNO4. The molecule has 2 aliphatic rings. The number of amides is 1. The normalized spacial score (nSPS) is 20.6. The number of carbonyl (C=O) groups is 1. The van der Waals surface area contributed by atoms with Crippen molar-refractivity contribution in [2.45, 2.75) is 12.0 Å². The molecule has 1 saturated heterocycles. The van der Waals surface area contributed by atoms with E-state index >= 15 is 0 Å². The van der Waals surface area contributed by atoms with Crippen molar-refractivity contribution in [2.24, 2.45) is 5.92 Å². The van der Waals surface area contributed by atoms with E-state index in [0.717, 1.165) is 5.56 Å². The van der Waals surface area contributed by atoms with E-state index in [1.54, 1.807) is 24.1 Å². The Morgan fingerprint density at radius 2 is 2.00 bits per heavy atom. The van der Waals surface area contributed by atoms with Crippen LogP contribution in [0.4, 0.5) is 4.39 Å². The quantitative estimate of drug-likeness (QED) is 0.914. The van der Waals surface area contributed by atoms with E-state index < -0.39 is 5.60 Å². The lowest BCUT2D eigenvalue weighted by atomic mass is 9.84. The van der Waals surface area contributed by atoms with E-state index in [0.29, 0.717) is 23.5 Å². The van der Waals surface area contributed by atoms with Gasteiger partial charge in [0.25, 0.3) is 0 Å². The van der Waals surface area contributed by atoms with Crippen LogP contribution in [0.2, 0.25) is 0 Å². The van der Waals surface area contributed by atoms with Crippen LogP contribution in [0.1, 0.15) is 11.1 Å². The van der Waals surface area contributed by atoms with Gasteiger partial charge in [0.15, 0.2) is 11.5 Å². The maximum absolute atomic E-state index is 13.1. The van der Waals surface area contributed by atoms with E-state index in [-0.39, 0.29) is 37.3 Å². The van der Waals surface area contributed by atoms with Crippen LogP contribution in [0.25, 0.3) is 0 Å². The second-order valence-corrected chi connectivity index (χ2v) is 6.89. The summed E-state index contributed by atoms with van der Waals surface area (Å²) in [6.07, 6.45) is 0.580. The Morgan fingerprint density at radius 1 is 1.27 bits per heavy atom. The first-order valence-corrected chi connectivity index (χ1v) is 8.56. The highest BCUT2D eigenvalue weighted by molar-refractivity contribution is 5.81. The van der Waals surface area contributed by atoms with Crippen LogP contribution in [0.15, 0.2) is 42.5 Å². The molecule has 0 bridgehead atoms. The van der Waals surface area contributed by atoms with Crippen LogP contribution in [0.3, 0.4) is 0 Å². The first-order valence-electron chi connectivity index (χ1n) is 8.56. The van der Waals surface area contributed by atoms with Gasteiger partial charge in [0.2, 0.25) is 5.91 Å². The molecule has 5 nitrogen and oxygen atoms in total. The molecule has 0 saturated carbocycles. The number of nitrogens with zero attached hydrogens (tertiary/aromatic N) is 1. The lowest BCUT2D eigenvalue weighted by molar-refractivity contribution is -0.162. The number of aliphatic hydroxyl groups is 1. The average molecular weight is 357 g/mol. The Morgan fingerprint density at radius 3 is 2.69 bits per heavy atom. The third kappa shape index (κ3) is 2.80. The summed E-state index contributed by atoms with van der Waals surface area (Å²) in [5.74, 6) is 0.698. The van der Waals surface area contributed by atoms with E-state index in [1.165, 1.54) is 12.1 Å². The van der Waals surface area contributed by atoms with E-state index in [1.807, 2.05) is 18.2 Å². The number of β-amino-alcohol motifs (C(OH)–C–C–N with tert-alkyl or cyclic N) is 1. The van der Waals surface area contributed by atoms with E-state index in [2.05, 4.69) is 0 Å². The SMILES string of the molecule is COc1cccc2c1OCC(C(=O)N1CC(O)(c3ccc(F)cc3)C1)C2. The molecular weight excluding hydrogens is 337 g/mol. The first kappa shape index (κ1) is 16.8. The zero-order valence-corrected chi connectivity index (χ0v) is 14.4. The summed E-state index contributed by atoms with van der Waals surface area (Å²) >= 11 is 0. The Kier molecular flexibility index (Phi) is 4.07. The topological polar surface area (TPSA) is 59.0 Å². The van der Waals surface area contributed by atoms with Crippen molar-refractivity contribution < 1.29 is 23.8 Å². The minimum absolute atomic E-state index is 0.0368. The molecule has 0 radical (unpaired) electrons. The van der Waals surface area contributed by atoms with Crippen molar-refractivity contribution in [1.82, 2.24) is 4.90 Å². The molecule has 6 heteroatoms. The molecule has 1 amide bonds. The Labute approximate surface area is 151 Å². The predicted octanol–water partition coefficient (Wildman–Crippen LogP) is 2.12. The third-order valence-corrected chi connectivity index (χ3v) is 5.12. The first-order chi connectivity index (χ1) is 12.5. The number of hydrogen-bond acceptors (Lipinski definition) is 4. The Hall–Kier alpha value is -2.60. The summed E-state index contributed by atoms with van der Waals surface area (Å²) in [5.41, 5.74) is 0.459. The van der Waals surface area contributed by atoms with Crippen molar-refractivity contribution in [3.63, 3.8) is 0 Å². The maximum atomic E-state index is 13.1. The summed E-state index contributed by atoms with van der Waals surface area (Å²) in [5, 5.41) is 10.7. The molecule has 4 rings (SSSR count). The van der Waals surface area contributed by atoms with Crippen LogP contribution in [-0.2, 0) is 16.8 Å². The smallest absolute Gasteiger partial charge is 0.229 e. The molecule has 0 aromatic heterocycles. The van der Waals surface area contributed by atoms with Crippen LogP contribution in [0, 0.1) is 11.7 Å². The maximum Gasteiger partial charge on any atom is 0.229 e. The van der Waals surface area contributed by atoms with Gasteiger partial charge in [-0.15, -0.1) is 0 Å². The summed E-state index contributed by atoms with van der Waals surface area (Å²) in [6, 6.07) is 11.4. The molecule has 136 valence electrons. The van der Waals surface area contributed by atoms with Crippen LogP contribution in [-0.4, -0.2) is 42.7 Å². The van der Waals surface area contributed by atoms with Gasteiger partial charge in [-0.3, -0.25) is 4.79 Å². The largest absolute Gasteiger partial charge is 0.493 e. The number of carbonyl (C=O) groups excluding carboxylic acids is 1. The number of halogens is 1. The Balaban J connectivity index is 1.43. The summed E-state index contributed by atoms with van der Waals surface area (Å²) in [6.45, 7) is 0.704. The van der Waals surface area contributed by atoms with Crippen molar-refractivity contribution in [3.05, 3.63) is 59.4 Å². The second kappa shape index (κ2) is 6.29. The number of benzene rings is 2. The highest BCUT2D eigenvalue weighted by atomic mass is 19.1. The van der Waals surface area contributed by atoms with Crippen molar-refractivity contribution in [1.29, 1.82) is 0 Å². The van der Waals surface area contributed by atoms with Crippen LogP contribution < -0.4 is 9.47 Å². The molecule has 2 aliphatic heterocycles. The molecule has 0 aliphatic carbocycles. The van der Waals surface area contributed by atoms with Crippen molar-refractivity contribution in [2.75, 3.05) is 26.8 Å². The number of para-hydroxylation sites is 1. The van der Waals surface area contributed by atoms with Gasteiger partial charge in [-0.2, -0.15) is 0 Å². The van der Waals surface area contributed by atoms with E-state index in [4.69, 9.17) is 9.47 Å². The minimum atomic E-state index is -1.11. The monoisotopic (exact) mass is 357 g/mol. The zero-order valence-electron chi connectivity index (χ0n) is 14.4. The summed E-state index contributed by atoms with van der Waals surface area (Å²) in [7, 11) is 1.59. The highest BCUT2D eigenvalue weighted by Crippen LogP contribution is 2.38. The summed E-state index contributed by atoms with van der Waals surface area (Å²) in [4.78, 5) is 14.4. The van der Waals surface area contributed by atoms with Gasteiger partial charge in [-0.25, -0.2) is 4.39 Å². The lowest BCUT2D eigenvalue weighted by Crippen LogP contribution is -2.63. The molecule has 26 heavy (non-hydrogen) atoms. The predicted molar refractivity (Wildman–Crippen MR) is 92.6 cm³/mol. The number of ether oxygens (including phenoxy) is 2. The molecule has 1 fully saturated rings. The lowest BCUT2D eigenvalue weighted by Gasteiger charge is -2.48. The fourth-order valence-electron chi connectivity index (χ4n) is 3.66. The number of fused-ring (bicyclic) bond motifs is 1. The number of rotatable bonds is 3. The van der Waals surface area contributed by atoms with Gasteiger partial charge >= 0.3 is 0 Å². The van der Waals surface area contributed by atoms with Gasteiger partial charge in [-0.1, -0.05) is 24.3 Å². The number of likely N-dealkylation sites (tertiary alicyclic amines) is 1. The molecule has 1 atom stereocenters. The molecule has 1 unspecified atom stereocenters. The minimum Gasteiger partial charge on any atom is -0.493 e. The van der Waals surface area contributed by atoms with E-state index in [9.17, 15) is 14.3 Å².